The van der Waals surface area contributed by atoms with Crippen LogP contribution in [0.1, 0.15) is 12.5 Å². The fourth-order valence-electron chi connectivity index (χ4n) is 3.90. The molecule has 194 valence electrons. The highest BCUT2D eigenvalue weighted by molar-refractivity contribution is 5.70. The first-order valence-electron chi connectivity index (χ1n) is 10.9. The zero-order chi connectivity index (χ0) is 26.1. The SMILES string of the molecule is COc1cc(C2=C(OC3O[C@H](COC(C)=O)[C@H](O)[C@H](O)[C@H]3O)C=C3C(O)=CC(O)=CC3O2)ccc1O. The van der Waals surface area contributed by atoms with Gasteiger partial charge >= 0.3 is 5.97 Å². The van der Waals surface area contributed by atoms with Crippen molar-refractivity contribution in [1.82, 2.24) is 0 Å². The van der Waals surface area contributed by atoms with Crippen LogP contribution >= 0.6 is 0 Å². The van der Waals surface area contributed by atoms with E-state index in [9.17, 15) is 35.4 Å². The number of aliphatic hydroxyl groups is 5. The Kier molecular flexibility index (Phi) is 7.13. The number of hydrogen-bond acceptors (Lipinski definition) is 12. The van der Waals surface area contributed by atoms with Crippen molar-refractivity contribution in [3.63, 3.8) is 0 Å². The highest BCUT2D eigenvalue weighted by Crippen LogP contribution is 2.39. The summed E-state index contributed by atoms with van der Waals surface area (Å²) in [6, 6.07) is 4.31. The number of benzene rings is 1. The number of methoxy groups -OCH3 is 1. The molecule has 2 unspecified atom stereocenters. The lowest BCUT2D eigenvalue weighted by Crippen LogP contribution is -2.59. The summed E-state index contributed by atoms with van der Waals surface area (Å²) in [5.41, 5.74) is 0.582. The van der Waals surface area contributed by atoms with E-state index < -0.39 is 49.4 Å². The Morgan fingerprint density at radius 3 is 2.50 bits per heavy atom. The van der Waals surface area contributed by atoms with E-state index in [4.69, 9.17) is 23.7 Å². The van der Waals surface area contributed by atoms with Crippen LogP contribution in [-0.2, 0) is 23.7 Å². The maximum atomic E-state index is 11.2. The first-order valence-corrected chi connectivity index (χ1v) is 10.9. The molecule has 1 aromatic carbocycles. The average Bonchev–Trinajstić information content (AvgIpc) is 2.83. The predicted molar refractivity (Wildman–Crippen MR) is 120 cm³/mol. The van der Waals surface area contributed by atoms with E-state index in [-0.39, 0.29) is 40.1 Å². The first kappa shape index (κ1) is 25.4. The van der Waals surface area contributed by atoms with Gasteiger partial charge < -0.3 is 54.3 Å². The minimum atomic E-state index is -1.72. The van der Waals surface area contributed by atoms with E-state index in [1.54, 1.807) is 0 Å². The predicted octanol–water partition coefficient (Wildman–Crippen LogP) is 0.679. The number of carbonyl (C=O) groups excluding carboxylic acids is 1. The van der Waals surface area contributed by atoms with E-state index in [2.05, 4.69) is 0 Å². The van der Waals surface area contributed by atoms with Crippen LogP contribution in [0.4, 0.5) is 0 Å². The molecule has 0 aromatic heterocycles. The number of allylic oxidation sites excluding steroid dienone is 2. The van der Waals surface area contributed by atoms with Crippen molar-refractivity contribution in [3.05, 3.63) is 64.8 Å². The van der Waals surface area contributed by atoms with Gasteiger partial charge in [-0.1, -0.05) is 0 Å². The third-order valence-electron chi connectivity index (χ3n) is 5.77. The number of esters is 1. The summed E-state index contributed by atoms with van der Waals surface area (Å²) in [7, 11) is 1.36. The molecule has 1 aliphatic carbocycles. The molecule has 0 radical (unpaired) electrons. The molecule has 12 heteroatoms. The molecular formula is C24H26O12. The number of ether oxygens (including phenoxy) is 5. The third-order valence-corrected chi connectivity index (χ3v) is 5.77. The van der Waals surface area contributed by atoms with E-state index in [1.165, 1.54) is 37.5 Å². The maximum absolute atomic E-state index is 11.2. The van der Waals surface area contributed by atoms with Crippen LogP contribution in [0.3, 0.4) is 0 Å². The molecule has 1 aromatic rings. The monoisotopic (exact) mass is 506 g/mol. The molecule has 4 rings (SSSR count). The Hall–Kier alpha value is -3.71. The van der Waals surface area contributed by atoms with Crippen molar-refractivity contribution in [3.8, 4) is 11.5 Å². The summed E-state index contributed by atoms with van der Waals surface area (Å²) >= 11 is 0. The second-order valence-corrected chi connectivity index (χ2v) is 8.27. The number of aromatic hydroxyl groups is 1. The fourth-order valence-corrected chi connectivity index (χ4v) is 3.90. The number of hydrogen-bond donors (Lipinski definition) is 6. The average molecular weight is 506 g/mol. The first-order chi connectivity index (χ1) is 17.1. The van der Waals surface area contributed by atoms with Gasteiger partial charge in [-0.15, -0.1) is 0 Å². The smallest absolute Gasteiger partial charge is 0.302 e. The zero-order valence-corrected chi connectivity index (χ0v) is 19.3. The minimum Gasteiger partial charge on any atom is -0.508 e. The lowest BCUT2D eigenvalue weighted by Gasteiger charge is -2.40. The van der Waals surface area contributed by atoms with Gasteiger partial charge in [-0.3, -0.25) is 4.79 Å². The Labute approximate surface area is 205 Å². The molecule has 2 heterocycles. The normalized spacial score (nSPS) is 29.8. The summed E-state index contributed by atoms with van der Waals surface area (Å²) in [5, 5.41) is 61.3. The lowest BCUT2D eigenvalue weighted by atomic mass is 9.96. The van der Waals surface area contributed by atoms with Crippen LogP contribution in [0.5, 0.6) is 11.5 Å². The molecule has 0 bridgehead atoms. The molecular weight excluding hydrogens is 480 g/mol. The van der Waals surface area contributed by atoms with Gasteiger partial charge in [0.25, 0.3) is 0 Å². The molecule has 3 aliphatic rings. The van der Waals surface area contributed by atoms with Crippen LogP contribution in [0.15, 0.2) is 59.3 Å². The van der Waals surface area contributed by atoms with Crippen LogP contribution in [0, 0.1) is 0 Å². The molecule has 2 aliphatic heterocycles. The molecule has 0 amide bonds. The Balaban J connectivity index is 1.72. The molecule has 1 fully saturated rings. The number of phenolic OH excluding ortho intramolecular Hbond substituents is 1. The molecule has 6 N–H and O–H groups in total. The van der Waals surface area contributed by atoms with Crippen molar-refractivity contribution in [2.75, 3.05) is 13.7 Å². The van der Waals surface area contributed by atoms with Gasteiger partial charge in [0.2, 0.25) is 6.29 Å². The Morgan fingerprint density at radius 2 is 1.81 bits per heavy atom. The van der Waals surface area contributed by atoms with Crippen LogP contribution in [-0.4, -0.2) is 87.1 Å². The molecule has 0 saturated carbocycles. The standard InChI is InChI=1S/C24H26O12/c1-10(25)33-9-19-20(29)21(30)22(31)24(36-19)35-18-8-13-15(28)6-12(26)7-16(13)34-23(18)11-3-4-14(27)17(5-11)32-2/h3-8,16,19-22,24,26-31H,9H2,1-2H3/t16?,19-,20+,21+,22-,24?/m1/s1. The zero-order valence-electron chi connectivity index (χ0n) is 19.3. The van der Waals surface area contributed by atoms with Crippen molar-refractivity contribution < 1.29 is 59.1 Å². The van der Waals surface area contributed by atoms with Crippen LogP contribution < -0.4 is 4.74 Å². The molecule has 1 saturated heterocycles. The number of phenols is 1. The van der Waals surface area contributed by atoms with Gasteiger partial charge in [0, 0.05) is 30.2 Å². The van der Waals surface area contributed by atoms with Gasteiger partial charge in [0.05, 0.1) is 7.11 Å². The van der Waals surface area contributed by atoms with Crippen LogP contribution in [0.2, 0.25) is 0 Å². The second kappa shape index (κ2) is 10.1. The van der Waals surface area contributed by atoms with Gasteiger partial charge in [-0.2, -0.15) is 0 Å². The third kappa shape index (κ3) is 4.97. The van der Waals surface area contributed by atoms with Crippen molar-refractivity contribution >= 4 is 11.7 Å². The van der Waals surface area contributed by atoms with Crippen molar-refractivity contribution in [2.45, 2.75) is 43.7 Å². The second-order valence-electron chi connectivity index (χ2n) is 8.27. The summed E-state index contributed by atoms with van der Waals surface area (Å²) < 4.78 is 27.5. The maximum Gasteiger partial charge on any atom is 0.302 e. The van der Waals surface area contributed by atoms with E-state index in [0.29, 0.717) is 5.56 Å². The largest absolute Gasteiger partial charge is 0.508 e. The summed E-state index contributed by atoms with van der Waals surface area (Å²) in [6.45, 7) is 0.754. The Morgan fingerprint density at radius 1 is 1.06 bits per heavy atom. The summed E-state index contributed by atoms with van der Waals surface area (Å²) in [4.78, 5) is 11.2. The fraction of sp³-hybridized carbons (Fsp3) is 0.375. The topological polar surface area (TPSA) is 185 Å². The number of aliphatic hydroxyl groups excluding tert-OH is 5. The van der Waals surface area contributed by atoms with E-state index in [0.717, 1.165) is 13.0 Å². The number of rotatable bonds is 6. The Bertz CT molecular complexity index is 1150. The quantitative estimate of drug-likeness (QED) is 0.297. The molecule has 0 spiro atoms. The lowest BCUT2D eigenvalue weighted by molar-refractivity contribution is -0.291. The van der Waals surface area contributed by atoms with Gasteiger partial charge in [-0.25, -0.2) is 0 Å². The van der Waals surface area contributed by atoms with Crippen LogP contribution in [0.25, 0.3) is 5.76 Å². The highest BCUT2D eigenvalue weighted by atomic mass is 16.7. The molecule has 36 heavy (non-hydrogen) atoms. The van der Waals surface area contributed by atoms with E-state index in [1.807, 2.05) is 0 Å². The minimum absolute atomic E-state index is 0.0531. The van der Waals surface area contributed by atoms with Crippen molar-refractivity contribution in [1.29, 1.82) is 0 Å². The van der Waals surface area contributed by atoms with Gasteiger partial charge in [0.1, 0.15) is 48.6 Å². The number of fused-ring (bicyclic) bond motifs is 1. The van der Waals surface area contributed by atoms with Crippen molar-refractivity contribution in [2.24, 2.45) is 0 Å². The highest BCUT2D eigenvalue weighted by Gasteiger charge is 2.46. The molecule has 6 atom stereocenters. The van der Waals surface area contributed by atoms with Gasteiger partial charge in [-0.05, 0) is 24.3 Å². The van der Waals surface area contributed by atoms with E-state index >= 15 is 0 Å². The van der Waals surface area contributed by atoms with Gasteiger partial charge in [0.15, 0.2) is 23.0 Å². The molecule has 12 nitrogen and oxygen atoms in total. The summed E-state index contributed by atoms with van der Waals surface area (Å²) in [5.74, 6) is -1.16. The number of carbonyl (C=O) groups is 1. The summed E-state index contributed by atoms with van der Waals surface area (Å²) in [6.07, 6.45) is -4.81.